The first-order chi connectivity index (χ1) is 13.3. The Hall–Kier alpha value is -2.81. The van der Waals surface area contributed by atoms with Crippen LogP contribution in [-0.4, -0.2) is 42.8 Å². The number of carbonyl (C=O) groups is 1. The van der Waals surface area contributed by atoms with Crippen LogP contribution in [0.15, 0.2) is 29.4 Å². The van der Waals surface area contributed by atoms with Crippen molar-refractivity contribution in [3.05, 3.63) is 35.7 Å². The highest BCUT2D eigenvalue weighted by Crippen LogP contribution is 2.31. The van der Waals surface area contributed by atoms with Gasteiger partial charge in [0.25, 0.3) is 0 Å². The molecule has 0 aliphatic heterocycles. The molecule has 0 unspecified atom stereocenters. The standard InChI is InChI=1S/C19H24N6O2S/c1-11-16(12(2)25(5)23-11)20-18(26)13(3)28-19-22-21-17(24(19)4)14-9-7-8-10-15(14)27-6/h7-10,13H,1-6H3,(H,20,26)/t13-/m1/s1. The van der Waals surface area contributed by atoms with E-state index in [-0.39, 0.29) is 11.2 Å². The van der Waals surface area contributed by atoms with Gasteiger partial charge in [-0.1, -0.05) is 23.9 Å². The van der Waals surface area contributed by atoms with Gasteiger partial charge < -0.3 is 14.6 Å². The molecule has 0 aliphatic carbocycles. The topological polar surface area (TPSA) is 86.9 Å². The van der Waals surface area contributed by atoms with Crippen LogP contribution in [0.4, 0.5) is 5.69 Å². The molecule has 0 saturated carbocycles. The maximum atomic E-state index is 12.7. The van der Waals surface area contributed by atoms with Crippen molar-refractivity contribution in [2.45, 2.75) is 31.2 Å². The Bertz CT molecular complexity index is 1010. The summed E-state index contributed by atoms with van der Waals surface area (Å²) in [5.74, 6) is 1.31. The second-order valence-corrected chi connectivity index (χ2v) is 7.79. The number of carbonyl (C=O) groups excluding carboxylic acids is 1. The fraction of sp³-hybridized carbons (Fsp3) is 0.368. The summed E-state index contributed by atoms with van der Waals surface area (Å²) in [6, 6.07) is 7.64. The minimum absolute atomic E-state index is 0.106. The van der Waals surface area contributed by atoms with Crippen molar-refractivity contribution in [1.29, 1.82) is 0 Å². The predicted molar refractivity (Wildman–Crippen MR) is 110 cm³/mol. The SMILES string of the molecule is COc1ccccc1-c1nnc(S[C@H](C)C(=O)Nc2c(C)nn(C)c2C)n1C. The van der Waals surface area contributed by atoms with E-state index in [0.717, 1.165) is 28.4 Å². The molecule has 28 heavy (non-hydrogen) atoms. The van der Waals surface area contributed by atoms with Gasteiger partial charge in [0, 0.05) is 14.1 Å². The molecule has 2 aromatic heterocycles. The van der Waals surface area contributed by atoms with Crippen LogP contribution in [-0.2, 0) is 18.9 Å². The van der Waals surface area contributed by atoms with Gasteiger partial charge in [-0.25, -0.2) is 0 Å². The number of rotatable bonds is 6. The zero-order valence-corrected chi connectivity index (χ0v) is 17.7. The molecular weight excluding hydrogens is 376 g/mol. The average Bonchev–Trinajstić information content (AvgIpc) is 3.15. The number of amides is 1. The third-order valence-electron chi connectivity index (χ3n) is 4.59. The number of benzene rings is 1. The summed E-state index contributed by atoms with van der Waals surface area (Å²) < 4.78 is 9.04. The van der Waals surface area contributed by atoms with Gasteiger partial charge in [0.05, 0.1) is 35.0 Å². The molecule has 0 spiro atoms. The number of nitrogens with zero attached hydrogens (tertiary/aromatic N) is 5. The Morgan fingerprint density at radius 1 is 1.21 bits per heavy atom. The molecule has 0 fully saturated rings. The largest absolute Gasteiger partial charge is 0.496 e. The lowest BCUT2D eigenvalue weighted by Crippen LogP contribution is -2.23. The molecule has 9 heteroatoms. The molecule has 1 N–H and O–H groups in total. The smallest absolute Gasteiger partial charge is 0.237 e. The number of para-hydroxylation sites is 1. The maximum absolute atomic E-state index is 12.7. The fourth-order valence-electron chi connectivity index (χ4n) is 2.87. The second-order valence-electron chi connectivity index (χ2n) is 6.48. The molecule has 0 bridgehead atoms. The van der Waals surface area contributed by atoms with Crippen LogP contribution in [0.2, 0.25) is 0 Å². The molecule has 0 aliphatic rings. The molecule has 3 aromatic rings. The summed E-state index contributed by atoms with van der Waals surface area (Å²) in [6.07, 6.45) is 0. The number of aromatic nitrogens is 5. The number of methoxy groups -OCH3 is 1. The van der Waals surface area contributed by atoms with Crippen LogP contribution in [0.3, 0.4) is 0 Å². The number of hydrogen-bond donors (Lipinski definition) is 1. The lowest BCUT2D eigenvalue weighted by molar-refractivity contribution is -0.115. The van der Waals surface area contributed by atoms with Gasteiger partial charge in [0.1, 0.15) is 5.75 Å². The predicted octanol–water partition coefficient (Wildman–Crippen LogP) is 2.96. The Balaban J connectivity index is 1.77. The summed E-state index contributed by atoms with van der Waals surface area (Å²) in [5.41, 5.74) is 3.32. The first-order valence-electron chi connectivity index (χ1n) is 8.84. The zero-order valence-electron chi connectivity index (χ0n) is 16.8. The molecule has 2 heterocycles. The van der Waals surface area contributed by atoms with Crippen molar-refractivity contribution >= 4 is 23.4 Å². The summed E-state index contributed by atoms with van der Waals surface area (Å²) in [6.45, 7) is 5.65. The minimum atomic E-state index is -0.354. The fourth-order valence-corrected chi connectivity index (χ4v) is 3.69. The molecule has 1 atom stereocenters. The van der Waals surface area contributed by atoms with E-state index < -0.39 is 0 Å². The van der Waals surface area contributed by atoms with Crippen molar-refractivity contribution in [2.75, 3.05) is 12.4 Å². The second kappa shape index (κ2) is 8.05. The quantitative estimate of drug-likeness (QED) is 0.640. The minimum Gasteiger partial charge on any atom is -0.496 e. The van der Waals surface area contributed by atoms with E-state index in [1.807, 2.05) is 63.7 Å². The van der Waals surface area contributed by atoms with Crippen LogP contribution < -0.4 is 10.1 Å². The highest BCUT2D eigenvalue weighted by molar-refractivity contribution is 8.00. The van der Waals surface area contributed by atoms with Gasteiger partial charge in [0.15, 0.2) is 11.0 Å². The van der Waals surface area contributed by atoms with Gasteiger partial charge in [-0.15, -0.1) is 10.2 Å². The summed E-state index contributed by atoms with van der Waals surface area (Å²) >= 11 is 1.35. The third kappa shape index (κ3) is 3.75. The first-order valence-corrected chi connectivity index (χ1v) is 9.72. The van der Waals surface area contributed by atoms with E-state index >= 15 is 0 Å². The number of hydrogen-bond acceptors (Lipinski definition) is 6. The van der Waals surface area contributed by atoms with Crippen molar-refractivity contribution in [3.8, 4) is 17.1 Å². The molecule has 0 saturated heterocycles. The molecule has 1 amide bonds. The summed E-state index contributed by atoms with van der Waals surface area (Å²) in [7, 11) is 5.36. The van der Waals surface area contributed by atoms with Crippen LogP contribution in [0, 0.1) is 13.8 Å². The van der Waals surface area contributed by atoms with Crippen molar-refractivity contribution in [2.24, 2.45) is 14.1 Å². The van der Waals surface area contributed by atoms with Crippen LogP contribution >= 0.6 is 11.8 Å². The summed E-state index contributed by atoms with van der Waals surface area (Å²) in [4.78, 5) is 12.7. The Kier molecular flexibility index (Phi) is 5.73. The molecule has 8 nitrogen and oxygen atoms in total. The highest BCUT2D eigenvalue weighted by atomic mass is 32.2. The van der Waals surface area contributed by atoms with E-state index in [9.17, 15) is 4.79 Å². The third-order valence-corrected chi connectivity index (χ3v) is 5.73. The van der Waals surface area contributed by atoms with E-state index in [1.54, 1.807) is 11.8 Å². The molecule has 0 radical (unpaired) electrons. The highest BCUT2D eigenvalue weighted by Gasteiger charge is 2.22. The van der Waals surface area contributed by atoms with Crippen molar-refractivity contribution in [1.82, 2.24) is 24.5 Å². The number of nitrogens with one attached hydrogen (secondary N) is 1. The number of aryl methyl sites for hydroxylation is 2. The monoisotopic (exact) mass is 400 g/mol. The lowest BCUT2D eigenvalue weighted by atomic mass is 10.2. The van der Waals surface area contributed by atoms with E-state index in [1.165, 1.54) is 11.8 Å². The Morgan fingerprint density at radius 3 is 2.57 bits per heavy atom. The molecule has 1 aromatic carbocycles. The maximum Gasteiger partial charge on any atom is 0.237 e. The Morgan fingerprint density at radius 2 is 1.93 bits per heavy atom. The summed E-state index contributed by atoms with van der Waals surface area (Å²) in [5, 5.41) is 16.2. The van der Waals surface area contributed by atoms with Crippen LogP contribution in [0.5, 0.6) is 5.75 Å². The van der Waals surface area contributed by atoms with E-state index in [2.05, 4.69) is 20.6 Å². The Labute approximate surface area is 168 Å². The van der Waals surface area contributed by atoms with Gasteiger partial charge in [-0.05, 0) is 32.9 Å². The van der Waals surface area contributed by atoms with Crippen molar-refractivity contribution in [3.63, 3.8) is 0 Å². The van der Waals surface area contributed by atoms with Gasteiger partial charge in [0.2, 0.25) is 5.91 Å². The average molecular weight is 401 g/mol. The van der Waals surface area contributed by atoms with Gasteiger partial charge in [-0.2, -0.15) is 5.10 Å². The van der Waals surface area contributed by atoms with E-state index in [0.29, 0.717) is 11.0 Å². The van der Waals surface area contributed by atoms with Gasteiger partial charge in [-0.3, -0.25) is 9.48 Å². The number of anilines is 1. The molecule has 3 rings (SSSR count). The lowest BCUT2D eigenvalue weighted by Gasteiger charge is -2.12. The first kappa shape index (κ1) is 19.9. The normalized spacial score (nSPS) is 12.1. The molecular formula is C19H24N6O2S. The van der Waals surface area contributed by atoms with Crippen LogP contribution in [0.1, 0.15) is 18.3 Å². The van der Waals surface area contributed by atoms with Crippen LogP contribution in [0.25, 0.3) is 11.4 Å². The zero-order chi connectivity index (χ0) is 20.4. The van der Waals surface area contributed by atoms with E-state index in [4.69, 9.17) is 4.74 Å². The van der Waals surface area contributed by atoms with Gasteiger partial charge >= 0.3 is 0 Å². The number of ether oxygens (including phenoxy) is 1. The number of thioether (sulfide) groups is 1. The molecule has 148 valence electrons. The van der Waals surface area contributed by atoms with Crippen molar-refractivity contribution < 1.29 is 9.53 Å².